The van der Waals surface area contributed by atoms with E-state index in [9.17, 15) is 4.79 Å². The van der Waals surface area contributed by atoms with Gasteiger partial charge in [0.2, 0.25) is 5.91 Å². The van der Waals surface area contributed by atoms with Crippen molar-refractivity contribution in [1.82, 2.24) is 15.4 Å². The maximum atomic E-state index is 11.6. The molecule has 6 heteroatoms. The van der Waals surface area contributed by atoms with Gasteiger partial charge in [-0.2, -0.15) is 0 Å². The third kappa shape index (κ3) is 4.12. The molecule has 0 unspecified atom stereocenters. The number of hydrogen-bond acceptors (Lipinski definition) is 5. The van der Waals surface area contributed by atoms with E-state index in [-0.39, 0.29) is 12.3 Å². The molecule has 1 fully saturated rings. The van der Waals surface area contributed by atoms with Crippen LogP contribution in [-0.4, -0.2) is 55.4 Å². The van der Waals surface area contributed by atoms with Gasteiger partial charge in [0.15, 0.2) is 0 Å². The maximum Gasteiger partial charge on any atom is 0.226 e. The van der Waals surface area contributed by atoms with Crippen LogP contribution in [0.5, 0.6) is 0 Å². The smallest absolute Gasteiger partial charge is 0.226 e. The molecule has 1 amide bonds. The molecule has 0 aromatic carbocycles. The number of morpholine rings is 1. The first-order valence-corrected chi connectivity index (χ1v) is 6.23. The number of ether oxygens (including phenoxy) is 1. The van der Waals surface area contributed by atoms with Crippen molar-refractivity contribution in [3.63, 3.8) is 0 Å². The molecular formula is C12H19N3O3. The lowest BCUT2D eigenvalue weighted by atomic mass is 10.3. The number of carbonyl (C=O) groups is 1. The summed E-state index contributed by atoms with van der Waals surface area (Å²) in [6.07, 6.45) is 0.278. The summed E-state index contributed by atoms with van der Waals surface area (Å²) in [5, 5.41) is 6.68. The second kappa shape index (κ2) is 6.51. The van der Waals surface area contributed by atoms with Crippen molar-refractivity contribution in [3.05, 3.63) is 17.5 Å². The summed E-state index contributed by atoms with van der Waals surface area (Å²) < 4.78 is 10.2. The number of aromatic nitrogens is 1. The molecule has 0 spiro atoms. The molecule has 1 N–H and O–H groups in total. The predicted molar refractivity (Wildman–Crippen MR) is 65.2 cm³/mol. The molecule has 0 aliphatic carbocycles. The zero-order chi connectivity index (χ0) is 12.8. The molecule has 6 nitrogen and oxygen atoms in total. The fraction of sp³-hybridized carbons (Fsp3) is 0.667. The van der Waals surface area contributed by atoms with E-state index < -0.39 is 0 Å². The van der Waals surface area contributed by atoms with Gasteiger partial charge in [-0.15, -0.1) is 0 Å². The van der Waals surface area contributed by atoms with E-state index in [0.29, 0.717) is 12.2 Å². The van der Waals surface area contributed by atoms with Crippen molar-refractivity contribution in [3.8, 4) is 0 Å². The minimum absolute atomic E-state index is 0.0171. The molecule has 0 saturated carbocycles. The van der Waals surface area contributed by atoms with Gasteiger partial charge in [0, 0.05) is 32.2 Å². The van der Waals surface area contributed by atoms with Crippen molar-refractivity contribution in [1.29, 1.82) is 0 Å². The highest BCUT2D eigenvalue weighted by atomic mass is 16.5. The van der Waals surface area contributed by atoms with E-state index in [0.717, 1.165) is 38.6 Å². The van der Waals surface area contributed by atoms with Gasteiger partial charge >= 0.3 is 0 Å². The number of nitrogens with zero attached hydrogens (tertiary/aromatic N) is 2. The Morgan fingerprint density at radius 2 is 2.28 bits per heavy atom. The number of carbonyl (C=O) groups excluding carboxylic acids is 1. The summed E-state index contributed by atoms with van der Waals surface area (Å²) in [7, 11) is 0. The van der Waals surface area contributed by atoms with Crippen molar-refractivity contribution < 1.29 is 14.1 Å². The van der Waals surface area contributed by atoms with Crippen LogP contribution in [0.3, 0.4) is 0 Å². The number of hydrogen-bond donors (Lipinski definition) is 1. The van der Waals surface area contributed by atoms with E-state index in [4.69, 9.17) is 9.26 Å². The molecular weight excluding hydrogens is 234 g/mol. The van der Waals surface area contributed by atoms with Gasteiger partial charge in [0.05, 0.1) is 25.3 Å². The molecule has 1 aromatic heterocycles. The SMILES string of the molecule is Cc1cc(CC(=O)NCCN2CCOCC2)no1. The minimum atomic E-state index is -0.0171. The molecule has 0 radical (unpaired) electrons. The highest BCUT2D eigenvalue weighted by molar-refractivity contribution is 5.78. The fourth-order valence-corrected chi connectivity index (χ4v) is 1.91. The second-order valence-corrected chi connectivity index (χ2v) is 4.41. The fourth-order valence-electron chi connectivity index (χ4n) is 1.91. The number of aryl methyl sites for hydroxylation is 1. The van der Waals surface area contributed by atoms with Crippen LogP contribution in [-0.2, 0) is 16.0 Å². The molecule has 1 aromatic rings. The first kappa shape index (κ1) is 13.0. The quantitative estimate of drug-likeness (QED) is 0.798. The van der Waals surface area contributed by atoms with Crippen LogP contribution < -0.4 is 5.32 Å². The van der Waals surface area contributed by atoms with Crippen LogP contribution in [0.25, 0.3) is 0 Å². The highest BCUT2D eigenvalue weighted by Crippen LogP contribution is 2.02. The molecule has 2 rings (SSSR count). The zero-order valence-corrected chi connectivity index (χ0v) is 10.6. The van der Waals surface area contributed by atoms with Crippen molar-refractivity contribution in [2.45, 2.75) is 13.3 Å². The average Bonchev–Trinajstić information content (AvgIpc) is 2.76. The summed E-state index contributed by atoms with van der Waals surface area (Å²) in [5.41, 5.74) is 0.677. The highest BCUT2D eigenvalue weighted by Gasteiger charge is 2.11. The Balaban J connectivity index is 1.62. The molecule has 100 valence electrons. The molecule has 18 heavy (non-hydrogen) atoms. The lowest BCUT2D eigenvalue weighted by molar-refractivity contribution is -0.120. The third-order valence-corrected chi connectivity index (χ3v) is 2.87. The van der Waals surface area contributed by atoms with Crippen LogP contribution in [0, 0.1) is 6.92 Å². The summed E-state index contributed by atoms with van der Waals surface area (Å²) in [6, 6.07) is 1.78. The maximum absolute atomic E-state index is 11.6. The second-order valence-electron chi connectivity index (χ2n) is 4.41. The van der Waals surface area contributed by atoms with Crippen LogP contribution in [0.15, 0.2) is 10.6 Å². The van der Waals surface area contributed by atoms with Crippen molar-refractivity contribution in [2.75, 3.05) is 39.4 Å². The average molecular weight is 253 g/mol. The summed E-state index contributed by atoms with van der Waals surface area (Å²) >= 11 is 0. The Kier molecular flexibility index (Phi) is 4.72. The van der Waals surface area contributed by atoms with Gasteiger partial charge in [-0.3, -0.25) is 9.69 Å². The van der Waals surface area contributed by atoms with Gasteiger partial charge in [0.1, 0.15) is 5.76 Å². The van der Waals surface area contributed by atoms with Crippen molar-refractivity contribution >= 4 is 5.91 Å². The monoisotopic (exact) mass is 253 g/mol. The third-order valence-electron chi connectivity index (χ3n) is 2.87. The number of rotatable bonds is 5. The summed E-state index contributed by atoms with van der Waals surface area (Å²) in [4.78, 5) is 13.9. The Labute approximate surface area is 106 Å². The summed E-state index contributed by atoms with van der Waals surface area (Å²) in [5.74, 6) is 0.711. The normalized spacial score (nSPS) is 16.7. The molecule has 0 atom stereocenters. The number of nitrogens with one attached hydrogen (secondary N) is 1. The van der Waals surface area contributed by atoms with Gasteiger partial charge in [-0.25, -0.2) is 0 Å². The van der Waals surface area contributed by atoms with Crippen LogP contribution >= 0.6 is 0 Å². The molecule has 1 aliphatic rings. The Bertz CT molecular complexity index is 386. The molecule has 0 bridgehead atoms. The van der Waals surface area contributed by atoms with E-state index in [2.05, 4.69) is 15.4 Å². The van der Waals surface area contributed by atoms with Crippen LogP contribution in [0.4, 0.5) is 0 Å². The van der Waals surface area contributed by atoms with Gasteiger partial charge < -0.3 is 14.6 Å². The van der Waals surface area contributed by atoms with Gasteiger partial charge in [0.25, 0.3) is 0 Å². The van der Waals surface area contributed by atoms with Crippen molar-refractivity contribution in [2.24, 2.45) is 0 Å². The predicted octanol–water partition coefficient (Wildman–Crippen LogP) is -0.0261. The Morgan fingerprint density at radius 3 is 2.94 bits per heavy atom. The minimum Gasteiger partial charge on any atom is -0.379 e. The number of amides is 1. The van der Waals surface area contributed by atoms with Crippen LogP contribution in [0.2, 0.25) is 0 Å². The molecule has 1 aliphatic heterocycles. The van der Waals surface area contributed by atoms with E-state index in [1.807, 2.05) is 6.92 Å². The van der Waals surface area contributed by atoms with Crippen LogP contribution in [0.1, 0.15) is 11.5 Å². The largest absolute Gasteiger partial charge is 0.379 e. The van der Waals surface area contributed by atoms with E-state index in [1.165, 1.54) is 0 Å². The lowest BCUT2D eigenvalue weighted by Gasteiger charge is -2.26. The lowest BCUT2D eigenvalue weighted by Crippen LogP contribution is -2.41. The molecule has 2 heterocycles. The molecule has 1 saturated heterocycles. The van der Waals surface area contributed by atoms with E-state index in [1.54, 1.807) is 6.07 Å². The summed E-state index contributed by atoms with van der Waals surface area (Å²) in [6.45, 7) is 6.80. The topological polar surface area (TPSA) is 67.6 Å². The van der Waals surface area contributed by atoms with Gasteiger partial charge in [-0.1, -0.05) is 5.16 Å². The first-order chi connectivity index (χ1) is 8.74. The van der Waals surface area contributed by atoms with Gasteiger partial charge in [-0.05, 0) is 6.92 Å². The Morgan fingerprint density at radius 1 is 1.50 bits per heavy atom. The zero-order valence-electron chi connectivity index (χ0n) is 10.6. The Hall–Kier alpha value is -1.40. The first-order valence-electron chi connectivity index (χ1n) is 6.23. The standard InChI is InChI=1S/C12H19N3O3/c1-10-8-11(14-18-10)9-12(16)13-2-3-15-4-6-17-7-5-15/h8H,2-7,9H2,1H3,(H,13,16). The van der Waals surface area contributed by atoms with E-state index >= 15 is 0 Å².